The Morgan fingerprint density at radius 3 is 2.69 bits per heavy atom. The number of aliphatic hydroxyl groups is 1. The second kappa shape index (κ2) is 9.14. The van der Waals surface area contributed by atoms with E-state index < -0.39 is 34.6 Å². The molecule has 4 aliphatic rings. The van der Waals surface area contributed by atoms with Crippen LogP contribution in [-0.4, -0.2) is 51.4 Å². The van der Waals surface area contributed by atoms with Gasteiger partial charge in [0.25, 0.3) is 0 Å². The lowest BCUT2D eigenvalue weighted by atomic mass is 9.51. The molecule has 6 rings (SSSR count). The van der Waals surface area contributed by atoms with Gasteiger partial charge in [-0.3, -0.25) is 14.4 Å². The first kappa shape index (κ1) is 26.0. The van der Waals surface area contributed by atoms with Crippen molar-refractivity contribution in [3.63, 3.8) is 0 Å². The molecular weight excluding hydrogens is 492 g/mol. The van der Waals surface area contributed by atoms with Gasteiger partial charge in [0, 0.05) is 35.0 Å². The lowest BCUT2D eigenvalue weighted by Gasteiger charge is -2.45. The summed E-state index contributed by atoms with van der Waals surface area (Å²) in [6.45, 7) is 7.90. The molecule has 39 heavy (non-hydrogen) atoms. The standard InChI is InChI=1S/C32H36N2O5/c1-17-8-7-10-22-29-31(4,39-29)19(3)27-24(15-20-16-33-23-11-6-5-9-21(20)23)34-30(38)32(22,27)26(36)13-12-25(35)28(37)18(2)14-17/h5-7,9-14,16-17,19,22,24,27-29,33,37H,8,15H2,1-4H3,(H,34,38)/t17?,19?,22?,24?,27?,28?,29?,31-,32-/m1/s1. The molecule has 7 nitrogen and oxygen atoms in total. The van der Waals surface area contributed by atoms with Crippen LogP contribution in [0.1, 0.15) is 39.7 Å². The molecule has 3 fully saturated rings. The lowest BCUT2D eigenvalue weighted by Crippen LogP contribution is -2.58. The Morgan fingerprint density at radius 2 is 1.90 bits per heavy atom. The maximum Gasteiger partial charge on any atom is 0.235 e. The van der Waals surface area contributed by atoms with Crippen molar-refractivity contribution in [2.75, 3.05) is 0 Å². The molecule has 2 aliphatic heterocycles. The summed E-state index contributed by atoms with van der Waals surface area (Å²) in [5, 5.41) is 14.9. The Morgan fingerprint density at radius 1 is 1.13 bits per heavy atom. The van der Waals surface area contributed by atoms with Crippen molar-refractivity contribution in [3.8, 4) is 0 Å². The van der Waals surface area contributed by atoms with Crippen LogP contribution in [0.4, 0.5) is 0 Å². The van der Waals surface area contributed by atoms with Crippen LogP contribution < -0.4 is 5.32 Å². The van der Waals surface area contributed by atoms with Crippen LogP contribution in [0.25, 0.3) is 10.9 Å². The molecule has 3 heterocycles. The minimum Gasteiger partial charge on any atom is -0.381 e. The summed E-state index contributed by atoms with van der Waals surface area (Å²) in [7, 11) is 0. The summed E-state index contributed by atoms with van der Waals surface area (Å²) in [6, 6.07) is 7.77. The molecule has 0 bridgehead atoms. The smallest absolute Gasteiger partial charge is 0.235 e. The second-order valence-corrected chi connectivity index (χ2v) is 12.1. The molecular formula is C32H36N2O5. The summed E-state index contributed by atoms with van der Waals surface area (Å²) in [5.41, 5.74) is 0.805. The van der Waals surface area contributed by atoms with E-state index in [-0.39, 0.29) is 35.8 Å². The monoisotopic (exact) mass is 528 g/mol. The SMILES string of the molecule is CC1=CC(C)CC=CC2C3O[C@]3(C)C(C)C3C(Cc4c[nH]c5ccccc45)NC(=O)[C@@]23C(=O)C=CC(=O)C1O. The van der Waals surface area contributed by atoms with E-state index in [0.29, 0.717) is 18.4 Å². The van der Waals surface area contributed by atoms with Crippen molar-refractivity contribution >= 4 is 28.4 Å². The molecule has 204 valence electrons. The number of carbonyl (C=O) groups is 3. The molecule has 1 saturated carbocycles. The van der Waals surface area contributed by atoms with Gasteiger partial charge in [0.1, 0.15) is 11.5 Å². The van der Waals surface area contributed by atoms with Gasteiger partial charge in [0.15, 0.2) is 11.6 Å². The number of hydrogen-bond acceptors (Lipinski definition) is 5. The van der Waals surface area contributed by atoms with E-state index in [1.54, 1.807) is 6.92 Å². The maximum absolute atomic E-state index is 14.2. The fourth-order valence-corrected chi connectivity index (χ4v) is 7.66. The Balaban J connectivity index is 1.46. The van der Waals surface area contributed by atoms with E-state index >= 15 is 0 Å². The number of hydrogen-bond donors (Lipinski definition) is 3. The quantitative estimate of drug-likeness (QED) is 0.312. The van der Waals surface area contributed by atoms with E-state index in [4.69, 9.17) is 4.74 Å². The number of allylic oxidation sites excluding steroid dienone is 3. The number of nitrogens with one attached hydrogen (secondary N) is 2. The van der Waals surface area contributed by atoms with Gasteiger partial charge in [-0.2, -0.15) is 0 Å². The van der Waals surface area contributed by atoms with E-state index in [2.05, 4.69) is 30.2 Å². The maximum atomic E-state index is 14.2. The van der Waals surface area contributed by atoms with Gasteiger partial charge in [-0.05, 0) is 67.9 Å². The largest absolute Gasteiger partial charge is 0.381 e. The predicted molar refractivity (Wildman–Crippen MR) is 148 cm³/mol. The van der Waals surface area contributed by atoms with E-state index in [0.717, 1.165) is 22.5 Å². The molecule has 2 saturated heterocycles. The molecule has 3 N–H and O–H groups in total. The minimum atomic E-state index is -1.41. The number of amides is 1. The van der Waals surface area contributed by atoms with Crippen LogP contribution in [0.3, 0.4) is 0 Å². The topological polar surface area (TPSA) is 112 Å². The van der Waals surface area contributed by atoms with Crippen molar-refractivity contribution in [2.45, 2.75) is 64.4 Å². The normalized spacial score (nSPS) is 40.1. The summed E-state index contributed by atoms with van der Waals surface area (Å²) in [4.78, 5) is 44.5. The van der Waals surface area contributed by atoms with Gasteiger partial charge in [-0.1, -0.05) is 50.3 Å². The van der Waals surface area contributed by atoms with Crippen LogP contribution in [0, 0.1) is 29.1 Å². The van der Waals surface area contributed by atoms with Crippen LogP contribution in [0.2, 0.25) is 0 Å². The number of carbonyl (C=O) groups excluding carboxylic acids is 3. The molecule has 1 aromatic carbocycles. The van der Waals surface area contributed by atoms with Crippen LogP contribution in [0.15, 0.2) is 66.4 Å². The van der Waals surface area contributed by atoms with E-state index in [9.17, 15) is 19.5 Å². The van der Waals surface area contributed by atoms with Gasteiger partial charge in [-0.25, -0.2) is 0 Å². The Bertz CT molecular complexity index is 1450. The van der Waals surface area contributed by atoms with Gasteiger partial charge < -0.3 is 20.1 Å². The third-order valence-corrected chi connectivity index (χ3v) is 9.86. The number of epoxide rings is 1. The van der Waals surface area contributed by atoms with Crippen molar-refractivity contribution in [3.05, 3.63) is 72.0 Å². The molecule has 1 amide bonds. The highest BCUT2D eigenvalue weighted by atomic mass is 16.6. The number of H-pyrrole nitrogens is 1. The van der Waals surface area contributed by atoms with Gasteiger partial charge in [0.05, 0.1) is 11.7 Å². The highest BCUT2D eigenvalue weighted by Crippen LogP contribution is 2.66. The molecule has 0 radical (unpaired) electrons. The average molecular weight is 529 g/mol. The van der Waals surface area contributed by atoms with Gasteiger partial charge >= 0.3 is 0 Å². The number of aromatic amines is 1. The zero-order valence-corrected chi connectivity index (χ0v) is 22.8. The van der Waals surface area contributed by atoms with Crippen LogP contribution in [-0.2, 0) is 25.5 Å². The summed E-state index contributed by atoms with van der Waals surface area (Å²) >= 11 is 0. The number of ketones is 2. The molecule has 9 atom stereocenters. The Labute approximate surface area is 228 Å². The predicted octanol–water partition coefficient (Wildman–Crippen LogP) is 3.83. The molecule has 1 aromatic heterocycles. The molecule has 7 unspecified atom stereocenters. The second-order valence-electron chi connectivity index (χ2n) is 12.1. The number of fused-ring (bicyclic) bond motifs is 3. The van der Waals surface area contributed by atoms with Gasteiger partial charge in [0.2, 0.25) is 5.91 Å². The number of aromatic nitrogens is 1. The zero-order valence-electron chi connectivity index (χ0n) is 22.8. The third kappa shape index (κ3) is 3.81. The summed E-state index contributed by atoms with van der Waals surface area (Å²) in [5.74, 6) is -2.11. The first-order valence-corrected chi connectivity index (χ1v) is 13.9. The average Bonchev–Trinajstić information content (AvgIpc) is 3.31. The van der Waals surface area contributed by atoms with Gasteiger partial charge in [-0.15, -0.1) is 0 Å². The molecule has 2 aromatic rings. The van der Waals surface area contributed by atoms with Crippen molar-refractivity contribution in [1.82, 2.24) is 10.3 Å². The summed E-state index contributed by atoms with van der Waals surface area (Å²) < 4.78 is 6.33. The molecule has 2 aliphatic carbocycles. The third-order valence-electron chi connectivity index (χ3n) is 9.86. The minimum absolute atomic E-state index is 0.0666. The highest BCUT2D eigenvalue weighted by molar-refractivity contribution is 6.15. The number of ether oxygens (including phenoxy) is 1. The van der Waals surface area contributed by atoms with Crippen molar-refractivity contribution in [2.24, 2.45) is 29.1 Å². The number of rotatable bonds is 2. The van der Waals surface area contributed by atoms with Crippen LogP contribution in [0.5, 0.6) is 0 Å². The lowest BCUT2D eigenvalue weighted by molar-refractivity contribution is -0.145. The number of aliphatic hydroxyl groups excluding tert-OH is 1. The first-order chi connectivity index (χ1) is 18.6. The van der Waals surface area contributed by atoms with Crippen molar-refractivity contribution in [1.29, 1.82) is 0 Å². The number of benzene rings is 1. The fraction of sp³-hybridized carbons (Fsp3) is 0.469. The Kier molecular flexibility index (Phi) is 6.08. The summed E-state index contributed by atoms with van der Waals surface area (Å²) in [6.07, 6.45) is 9.89. The Hall–Kier alpha value is -3.29. The van der Waals surface area contributed by atoms with Crippen LogP contribution >= 0.6 is 0 Å². The van der Waals surface area contributed by atoms with E-state index in [1.165, 1.54) is 6.08 Å². The van der Waals surface area contributed by atoms with E-state index in [1.807, 2.05) is 49.5 Å². The first-order valence-electron chi connectivity index (χ1n) is 13.9. The highest BCUT2D eigenvalue weighted by Gasteiger charge is 2.78. The molecule has 7 heteroatoms. The van der Waals surface area contributed by atoms with Crippen molar-refractivity contribution < 1.29 is 24.2 Å². The number of para-hydroxylation sites is 1. The zero-order chi connectivity index (χ0) is 27.7. The fourth-order valence-electron chi connectivity index (χ4n) is 7.66. The molecule has 1 spiro atoms.